The van der Waals surface area contributed by atoms with Crippen molar-refractivity contribution in [3.8, 4) is 0 Å². The molecule has 2 rings (SSSR count). The third-order valence-corrected chi connectivity index (χ3v) is 3.71. The average molecular weight is 242 g/mol. The highest BCUT2D eigenvalue weighted by Gasteiger charge is 2.49. The molecule has 6 heteroatoms. The van der Waals surface area contributed by atoms with E-state index in [1.165, 1.54) is 4.90 Å². The number of nitrogens with zero attached hydrogens (tertiary/aromatic N) is 2. The van der Waals surface area contributed by atoms with E-state index in [9.17, 15) is 14.8 Å². The number of carbonyl (C=O) groups excluding carboxylic acids is 2. The Kier molecular flexibility index (Phi) is 2.77. The van der Waals surface area contributed by atoms with Crippen LogP contribution in [0.5, 0.6) is 0 Å². The van der Waals surface area contributed by atoms with Crippen LogP contribution in [-0.4, -0.2) is 46.5 Å². The molecule has 1 aliphatic heterocycles. The van der Waals surface area contributed by atoms with Gasteiger partial charge in [-0.3, -0.25) is 10.0 Å². The van der Waals surface area contributed by atoms with Crippen LogP contribution in [0.1, 0.15) is 33.1 Å². The zero-order chi connectivity index (χ0) is 12.8. The first kappa shape index (κ1) is 12.2. The lowest BCUT2D eigenvalue weighted by Gasteiger charge is -2.39. The van der Waals surface area contributed by atoms with Gasteiger partial charge >= 0.3 is 12.0 Å². The monoisotopic (exact) mass is 242 g/mol. The Labute approximate surface area is 100 Å². The summed E-state index contributed by atoms with van der Waals surface area (Å²) in [6.07, 6.45) is 1.18. The number of hydroxylamine groups is 2. The van der Waals surface area contributed by atoms with Gasteiger partial charge in [0.2, 0.25) is 6.23 Å². The largest absolute Gasteiger partial charge is 0.439 e. The number of hydrogen-bond acceptors (Lipinski definition) is 4. The van der Waals surface area contributed by atoms with E-state index >= 15 is 0 Å². The highest BCUT2D eigenvalue weighted by atomic mass is 16.6. The lowest BCUT2D eigenvalue weighted by molar-refractivity contribution is -0.212. The van der Waals surface area contributed by atoms with Gasteiger partial charge in [-0.25, -0.2) is 4.79 Å². The normalized spacial score (nSPS) is 31.4. The van der Waals surface area contributed by atoms with Crippen LogP contribution < -0.4 is 0 Å². The molecule has 0 bridgehead atoms. The SMILES string of the molecule is CC1CC(OC(=O)C2(C)CC2)N(O)C(=O)N1C. The summed E-state index contributed by atoms with van der Waals surface area (Å²) in [6.45, 7) is 3.68. The standard InChI is InChI=1S/C11H18N2O4/c1-7-6-8(13(16)10(15)12(7)3)17-9(14)11(2)4-5-11/h7-8,16H,4-6H2,1-3H3. The lowest BCUT2D eigenvalue weighted by Crippen LogP contribution is -2.56. The van der Waals surface area contributed by atoms with Crippen molar-refractivity contribution in [2.45, 2.75) is 45.4 Å². The fourth-order valence-electron chi connectivity index (χ4n) is 1.78. The molecule has 2 unspecified atom stereocenters. The minimum Gasteiger partial charge on any atom is -0.439 e. The molecule has 0 aromatic carbocycles. The first-order valence-electron chi connectivity index (χ1n) is 5.81. The van der Waals surface area contributed by atoms with Gasteiger partial charge in [-0.1, -0.05) is 0 Å². The molecule has 2 aliphatic rings. The van der Waals surface area contributed by atoms with E-state index in [0.29, 0.717) is 11.5 Å². The molecule has 1 saturated heterocycles. The summed E-state index contributed by atoms with van der Waals surface area (Å²) in [4.78, 5) is 24.8. The van der Waals surface area contributed by atoms with E-state index < -0.39 is 17.7 Å². The summed E-state index contributed by atoms with van der Waals surface area (Å²) in [5.41, 5.74) is -0.406. The van der Waals surface area contributed by atoms with Gasteiger partial charge in [0, 0.05) is 19.5 Å². The molecule has 2 fully saturated rings. The molecule has 2 atom stereocenters. The molecule has 0 radical (unpaired) electrons. The fourth-order valence-corrected chi connectivity index (χ4v) is 1.78. The van der Waals surface area contributed by atoms with Crippen LogP contribution in [0.15, 0.2) is 0 Å². The first-order valence-corrected chi connectivity index (χ1v) is 5.81. The first-order chi connectivity index (χ1) is 7.85. The number of amides is 2. The Morgan fingerprint density at radius 3 is 2.65 bits per heavy atom. The molecule has 1 aliphatic carbocycles. The maximum atomic E-state index is 11.8. The van der Waals surface area contributed by atoms with Crippen molar-refractivity contribution in [3.63, 3.8) is 0 Å². The van der Waals surface area contributed by atoms with Crippen molar-refractivity contribution >= 4 is 12.0 Å². The molecule has 96 valence electrons. The molecule has 1 heterocycles. The molecule has 2 amide bonds. The van der Waals surface area contributed by atoms with Gasteiger partial charge in [-0.05, 0) is 26.7 Å². The Hall–Kier alpha value is -1.30. The predicted octanol–water partition coefficient (Wildman–Crippen LogP) is 1.19. The highest BCUT2D eigenvalue weighted by Crippen LogP contribution is 2.46. The van der Waals surface area contributed by atoms with Gasteiger partial charge in [0.1, 0.15) is 0 Å². The van der Waals surface area contributed by atoms with Crippen LogP contribution >= 0.6 is 0 Å². The average Bonchev–Trinajstić information content (AvgIpc) is 3.02. The van der Waals surface area contributed by atoms with Crippen LogP contribution in [0, 0.1) is 5.41 Å². The van der Waals surface area contributed by atoms with Crippen LogP contribution in [0.25, 0.3) is 0 Å². The minimum absolute atomic E-state index is 0.0595. The number of urea groups is 1. The zero-order valence-corrected chi connectivity index (χ0v) is 10.3. The van der Waals surface area contributed by atoms with E-state index in [4.69, 9.17) is 4.74 Å². The summed E-state index contributed by atoms with van der Waals surface area (Å²) in [6, 6.07) is -0.599. The molecular weight excluding hydrogens is 224 g/mol. The maximum absolute atomic E-state index is 11.8. The van der Waals surface area contributed by atoms with Crippen LogP contribution in [-0.2, 0) is 9.53 Å². The van der Waals surface area contributed by atoms with E-state index in [2.05, 4.69) is 0 Å². The number of hydrogen-bond donors (Lipinski definition) is 1. The van der Waals surface area contributed by atoms with Crippen molar-refractivity contribution < 1.29 is 19.5 Å². The van der Waals surface area contributed by atoms with Crippen LogP contribution in [0.3, 0.4) is 0 Å². The second-order valence-corrected chi connectivity index (χ2v) is 5.24. The van der Waals surface area contributed by atoms with Gasteiger partial charge in [0.25, 0.3) is 0 Å². The number of esters is 1. The van der Waals surface area contributed by atoms with Crippen molar-refractivity contribution in [2.24, 2.45) is 5.41 Å². The van der Waals surface area contributed by atoms with Crippen molar-refractivity contribution in [1.29, 1.82) is 0 Å². The maximum Gasteiger partial charge on any atom is 0.347 e. The van der Waals surface area contributed by atoms with E-state index in [1.807, 2.05) is 13.8 Å². The second-order valence-electron chi connectivity index (χ2n) is 5.24. The van der Waals surface area contributed by atoms with Crippen LogP contribution in [0.4, 0.5) is 4.79 Å². The van der Waals surface area contributed by atoms with Gasteiger partial charge < -0.3 is 9.64 Å². The highest BCUT2D eigenvalue weighted by molar-refractivity contribution is 5.80. The van der Waals surface area contributed by atoms with Crippen molar-refractivity contribution in [1.82, 2.24) is 9.96 Å². The van der Waals surface area contributed by atoms with Gasteiger partial charge in [0.15, 0.2) is 0 Å². The fraction of sp³-hybridized carbons (Fsp3) is 0.818. The molecule has 0 spiro atoms. The molecule has 17 heavy (non-hydrogen) atoms. The van der Waals surface area contributed by atoms with Gasteiger partial charge in [0.05, 0.1) is 5.41 Å². The number of carbonyl (C=O) groups is 2. The Balaban J connectivity index is 2.01. The van der Waals surface area contributed by atoms with Gasteiger partial charge in [-0.15, -0.1) is 0 Å². The number of rotatable bonds is 2. The summed E-state index contributed by atoms with van der Waals surface area (Å²) in [5.74, 6) is -0.328. The molecule has 1 saturated carbocycles. The quantitative estimate of drug-likeness (QED) is 0.583. The predicted molar refractivity (Wildman–Crippen MR) is 58.1 cm³/mol. The molecule has 6 nitrogen and oxygen atoms in total. The lowest BCUT2D eigenvalue weighted by atomic mass is 10.1. The molecule has 1 N–H and O–H groups in total. The Morgan fingerprint density at radius 1 is 1.53 bits per heavy atom. The summed E-state index contributed by atoms with van der Waals surface area (Å²) in [7, 11) is 1.61. The topological polar surface area (TPSA) is 70.1 Å². The van der Waals surface area contributed by atoms with E-state index in [-0.39, 0.29) is 12.0 Å². The van der Waals surface area contributed by atoms with Crippen LogP contribution in [0.2, 0.25) is 0 Å². The molecule has 0 aromatic rings. The Bertz CT molecular complexity index is 353. The molecule has 0 aromatic heterocycles. The molecular formula is C11H18N2O4. The van der Waals surface area contributed by atoms with E-state index in [1.54, 1.807) is 7.05 Å². The zero-order valence-electron chi connectivity index (χ0n) is 10.3. The van der Waals surface area contributed by atoms with Gasteiger partial charge in [-0.2, -0.15) is 5.06 Å². The summed E-state index contributed by atoms with van der Waals surface area (Å²) >= 11 is 0. The van der Waals surface area contributed by atoms with Crippen molar-refractivity contribution in [3.05, 3.63) is 0 Å². The third-order valence-electron chi connectivity index (χ3n) is 3.71. The third kappa shape index (κ3) is 2.09. The summed E-state index contributed by atoms with van der Waals surface area (Å²) in [5, 5.41) is 10.1. The van der Waals surface area contributed by atoms with Crippen molar-refractivity contribution in [2.75, 3.05) is 7.05 Å². The second kappa shape index (κ2) is 3.87. The Morgan fingerprint density at radius 2 is 2.12 bits per heavy atom. The van der Waals surface area contributed by atoms with E-state index in [0.717, 1.165) is 12.8 Å². The summed E-state index contributed by atoms with van der Waals surface area (Å²) < 4.78 is 5.21. The smallest absolute Gasteiger partial charge is 0.347 e. The minimum atomic E-state index is -0.862. The number of ether oxygens (including phenoxy) is 1.